The van der Waals surface area contributed by atoms with E-state index in [1.54, 1.807) is 14.0 Å². The highest BCUT2D eigenvalue weighted by Crippen LogP contribution is 2.36. The molecule has 24 heavy (non-hydrogen) atoms. The quantitative estimate of drug-likeness (QED) is 0.780. The van der Waals surface area contributed by atoms with Gasteiger partial charge in [0.2, 0.25) is 11.7 Å². The number of nitrogens with one attached hydrogen (secondary N) is 2. The lowest BCUT2D eigenvalue weighted by molar-refractivity contribution is -0.128. The molecule has 0 spiro atoms. The summed E-state index contributed by atoms with van der Waals surface area (Å²) in [5.74, 6) is 0.758. The van der Waals surface area contributed by atoms with Crippen LogP contribution in [-0.2, 0) is 16.0 Å². The maximum absolute atomic E-state index is 12.0. The molecule has 0 bridgehead atoms. The fraction of sp³-hybridized carbons (Fsp3) is 0.667. The van der Waals surface area contributed by atoms with Crippen LogP contribution in [0.5, 0.6) is 0 Å². The number of esters is 1. The number of hydrogen-bond acceptors (Lipinski definition) is 5. The van der Waals surface area contributed by atoms with Crippen LogP contribution in [-0.4, -0.2) is 32.1 Å². The highest BCUT2D eigenvalue weighted by Gasteiger charge is 2.33. The van der Waals surface area contributed by atoms with E-state index in [0.29, 0.717) is 18.9 Å². The molecular weight excluding hydrogens is 308 g/mol. The van der Waals surface area contributed by atoms with Crippen molar-refractivity contribution in [1.29, 1.82) is 0 Å². The van der Waals surface area contributed by atoms with Gasteiger partial charge in [0.25, 0.3) is 0 Å². The number of hydrogen-bond donors (Lipinski definition) is 2. The summed E-state index contributed by atoms with van der Waals surface area (Å²) in [6.07, 6.45) is 2.77. The van der Waals surface area contributed by atoms with Crippen molar-refractivity contribution in [2.75, 3.05) is 20.2 Å². The van der Waals surface area contributed by atoms with E-state index in [4.69, 9.17) is 9.15 Å². The molecule has 1 aliphatic carbocycles. The fourth-order valence-corrected chi connectivity index (χ4v) is 3.23. The van der Waals surface area contributed by atoms with Crippen molar-refractivity contribution in [3.8, 4) is 0 Å². The van der Waals surface area contributed by atoms with Crippen LogP contribution in [0.15, 0.2) is 4.42 Å². The summed E-state index contributed by atoms with van der Waals surface area (Å²) in [6.45, 7) is 8.38. The SMILES string of the molecule is CCOC(=O)c1oc2c(c1C)[C@@H](NCC(C)(C)C(=O)NC)CCC2. The lowest BCUT2D eigenvalue weighted by Crippen LogP contribution is -2.43. The van der Waals surface area contributed by atoms with Gasteiger partial charge < -0.3 is 19.8 Å². The molecule has 1 atom stereocenters. The zero-order valence-corrected chi connectivity index (χ0v) is 15.2. The monoisotopic (exact) mass is 336 g/mol. The Hall–Kier alpha value is -1.82. The molecule has 134 valence electrons. The first-order valence-corrected chi connectivity index (χ1v) is 8.56. The lowest BCUT2D eigenvalue weighted by atomic mass is 9.87. The Morgan fingerprint density at radius 3 is 2.71 bits per heavy atom. The van der Waals surface area contributed by atoms with Gasteiger partial charge >= 0.3 is 5.97 Å². The Morgan fingerprint density at radius 2 is 2.08 bits per heavy atom. The number of rotatable bonds is 6. The molecule has 0 radical (unpaired) electrons. The number of aryl methyl sites for hydroxylation is 1. The molecule has 6 heteroatoms. The molecule has 1 aromatic heterocycles. The van der Waals surface area contributed by atoms with Crippen molar-refractivity contribution in [2.45, 2.75) is 53.0 Å². The van der Waals surface area contributed by atoms with Crippen molar-refractivity contribution >= 4 is 11.9 Å². The number of amides is 1. The van der Waals surface area contributed by atoms with Gasteiger partial charge in [0.05, 0.1) is 12.0 Å². The molecule has 6 nitrogen and oxygen atoms in total. The third-order valence-corrected chi connectivity index (χ3v) is 4.61. The van der Waals surface area contributed by atoms with Crippen LogP contribution in [0.1, 0.15) is 67.1 Å². The van der Waals surface area contributed by atoms with Crippen LogP contribution in [0.4, 0.5) is 0 Å². The first-order chi connectivity index (χ1) is 11.3. The minimum atomic E-state index is -0.506. The first-order valence-electron chi connectivity index (χ1n) is 8.56. The Labute approximate surface area is 143 Å². The smallest absolute Gasteiger partial charge is 0.374 e. The number of ether oxygens (including phenoxy) is 1. The minimum Gasteiger partial charge on any atom is -0.460 e. The summed E-state index contributed by atoms with van der Waals surface area (Å²) in [4.78, 5) is 24.0. The van der Waals surface area contributed by atoms with Gasteiger partial charge in [-0.05, 0) is 40.5 Å². The van der Waals surface area contributed by atoms with E-state index in [0.717, 1.165) is 36.1 Å². The molecule has 1 aromatic rings. The molecule has 2 N–H and O–H groups in total. The number of furan rings is 1. The highest BCUT2D eigenvalue weighted by atomic mass is 16.5. The van der Waals surface area contributed by atoms with E-state index >= 15 is 0 Å². The third-order valence-electron chi connectivity index (χ3n) is 4.61. The Bertz CT molecular complexity index is 619. The summed E-state index contributed by atoms with van der Waals surface area (Å²) in [7, 11) is 1.65. The lowest BCUT2D eigenvalue weighted by Gasteiger charge is -2.29. The van der Waals surface area contributed by atoms with Crippen molar-refractivity contribution in [3.63, 3.8) is 0 Å². The normalized spacial score (nSPS) is 17.3. The van der Waals surface area contributed by atoms with E-state index in [2.05, 4.69) is 10.6 Å². The van der Waals surface area contributed by atoms with E-state index < -0.39 is 11.4 Å². The van der Waals surface area contributed by atoms with Crippen LogP contribution in [0.25, 0.3) is 0 Å². The van der Waals surface area contributed by atoms with Crippen LogP contribution in [0.2, 0.25) is 0 Å². The standard InChI is InChI=1S/C18H28N2O4/c1-6-23-16(21)15-11(2)14-12(8-7-9-13(14)24-15)20-10-18(3,4)17(22)19-5/h12,20H,6-10H2,1-5H3,(H,19,22)/t12-/m0/s1. The molecular formula is C18H28N2O4. The van der Waals surface area contributed by atoms with Crippen molar-refractivity contribution < 1.29 is 18.7 Å². The Balaban J connectivity index is 2.19. The van der Waals surface area contributed by atoms with E-state index in [1.807, 2.05) is 20.8 Å². The van der Waals surface area contributed by atoms with Gasteiger partial charge in [-0.1, -0.05) is 0 Å². The van der Waals surface area contributed by atoms with Gasteiger partial charge in [0.1, 0.15) is 5.76 Å². The summed E-state index contributed by atoms with van der Waals surface area (Å²) < 4.78 is 10.9. The molecule has 2 rings (SSSR count). The molecule has 0 fully saturated rings. The van der Waals surface area contributed by atoms with E-state index in [-0.39, 0.29) is 11.9 Å². The number of carbonyl (C=O) groups is 2. The third kappa shape index (κ3) is 3.64. The Kier molecular flexibility index (Phi) is 5.70. The van der Waals surface area contributed by atoms with Gasteiger partial charge in [0.15, 0.2) is 0 Å². The molecule has 0 saturated heterocycles. The van der Waals surface area contributed by atoms with Gasteiger partial charge in [-0.2, -0.15) is 0 Å². The zero-order chi connectivity index (χ0) is 17.9. The Morgan fingerprint density at radius 1 is 1.38 bits per heavy atom. The average Bonchev–Trinajstić information content (AvgIpc) is 2.90. The summed E-state index contributed by atoms with van der Waals surface area (Å²) in [5.41, 5.74) is 1.39. The molecule has 0 saturated carbocycles. The zero-order valence-electron chi connectivity index (χ0n) is 15.2. The van der Waals surface area contributed by atoms with Crippen molar-refractivity contribution in [1.82, 2.24) is 10.6 Å². The fourth-order valence-electron chi connectivity index (χ4n) is 3.23. The van der Waals surface area contributed by atoms with Crippen molar-refractivity contribution in [3.05, 3.63) is 22.6 Å². The van der Waals surface area contributed by atoms with E-state index in [1.165, 1.54) is 0 Å². The largest absolute Gasteiger partial charge is 0.460 e. The van der Waals surface area contributed by atoms with Gasteiger partial charge in [0, 0.05) is 37.2 Å². The van der Waals surface area contributed by atoms with Crippen LogP contribution >= 0.6 is 0 Å². The second-order valence-corrected chi connectivity index (χ2v) is 6.90. The van der Waals surface area contributed by atoms with Crippen LogP contribution < -0.4 is 10.6 Å². The molecule has 0 unspecified atom stereocenters. The molecule has 0 aliphatic heterocycles. The predicted molar refractivity (Wildman–Crippen MR) is 90.9 cm³/mol. The number of carbonyl (C=O) groups excluding carboxylic acids is 2. The van der Waals surface area contributed by atoms with Gasteiger partial charge in [-0.15, -0.1) is 0 Å². The van der Waals surface area contributed by atoms with Gasteiger partial charge in [-0.3, -0.25) is 4.79 Å². The summed E-state index contributed by atoms with van der Waals surface area (Å²) in [5, 5.41) is 6.18. The maximum atomic E-state index is 12.0. The average molecular weight is 336 g/mol. The van der Waals surface area contributed by atoms with Crippen LogP contribution in [0, 0.1) is 12.3 Å². The van der Waals surface area contributed by atoms with E-state index in [9.17, 15) is 9.59 Å². The van der Waals surface area contributed by atoms with Crippen LogP contribution in [0.3, 0.4) is 0 Å². The topological polar surface area (TPSA) is 80.6 Å². The first kappa shape index (κ1) is 18.5. The number of fused-ring (bicyclic) bond motifs is 1. The molecule has 1 heterocycles. The maximum Gasteiger partial charge on any atom is 0.374 e. The highest BCUT2D eigenvalue weighted by molar-refractivity contribution is 5.88. The van der Waals surface area contributed by atoms with Crippen molar-refractivity contribution in [2.24, 2.45) is 5.41 Å². The second-order valence-electron chi connectivity index (χ2n) is 6.90. The molecule has 0 aromatic carbocycles. The minimum absolute atomic E-state index is 0.00200. The molecule has 1 amide bonds. The summed E-state index contributed by atoms with van der Waals surface area (Å²) in [6, 6.07) is 0.0876. The summed E-state index contributed by atoms with van der Waals surface area (Å²) >= 11 is 0. The predicted octanol–water partition coefficient (Wildman–Crippen LogP) is 2.50. The van der Waals surface area contributed by atoms with Gasteiger partial charge in [-0.25, -0.2) is 4.79 Å². The molecule has 1 aliphatic rings. The second kappa shape index (κ2) is 7.38.